The standard InChI is InChI=1S/C23H22ClN3O3/c1-15(28)25-18-9-11-19(12-10-18)27-22(29)20(16-5-7-17(24)8-6-16)21(23(27)30)26-13-3-2-4-14-26/h5-12H,2-4,13-14H2,1H3,(H,25,28). The molecule has 2 heterocycles. The Bertz CT molecular complexity index is 1020. The first-order valence-electron chi connectivity index (χ1n) is 9.97. The quantitative estimate of drug-likeness (QED) is 0.752. The van der Waals surface area contributed by atoms with E-state index >= 15 is 0 Å². The van der Waals surface area contributed by atoms with Crippen molar-refractivity contribution in [1.82, 2.24) is 4.90 Å². The molecule has 1 fully saturated rings. The minimum absolute atomic E-state index is 0.185. The van der Waals surface area contributed by atoms with Crippen LogP contribution in [-0.4, -0.2) is 35.7 Å². The molecule has 0 radical (unpaired) electrons. The van der Waals surface area contributed by atoms with Crippen LogP contribution in [0.5, 0.6) is 0 Å². The summed E-state index contributed by atoms with van der Waals surface area (Å²) in [5, 5.41) is 3.26. The van der Waals surface area contributed by atoms with Crippen LogP contribution in [0.15, 0.2) is 54.2 Å². The van der Waals surface area contributed by atoms with Crippen molar-refractivity contribution in [2.75, 3.05) is 23.3 Å². The molecule has 2 aromatic rings. The van der Waals surface area contributed by atoms with Gasteiger partial charge in [-0.2, -0.15) is 0 Å². The summed E-state index contributed by atoms with van der Waals surface area (Å²) in [5.41, 5.74) is 2.61. The van der Waals surface area contributed by atoms with Crippen LogP contribution in [0.3, 0.4) is 0 Å². The number of carbonyl (C=O) groups is 3. The highest BCUT2D eigenvalue weighted by Gasteiger charge is 2.42. The van der Waals surface area contributed by atoms with Crippen molar-refractivity contribution in [2.45, 2.75) is 26.2 Å². The molecule has 30 heavy (non-hydrogen) atoms. The molecule has 0 atom stereocenters. The van der Waals surface area contributed by atoms with Gasteiger partial charge in [0.15, 0.2) is 0 Å². The molecule has 0 bridgehead atoms. The molecule has 0 aliphatic carbocycles. The first-order valence-corrected chi connectivity index (χ1v) is 10.3. The van der Waals surface area contributed by atoms with Crippen molar-refractivity contribution in [1.29, 1.82) is 0 Å². The molecule has 1 N–H and O–H groups in total. The Morgan fingerprint density at radius 1 is 0.900 bits per heavy atom. The number of likely N-dealkylation sites (tertiary alicyclic amines) is 1. The molecule has 3 amide bonds. The fraction of sp³-hybridized carbons (Fsp3) is 0.261. The molecule has 7 heteroatoms. The Hall–Kier alpha value is -3.12. The van der Waals surface area contributed by atoms with E-state index in [0.29, 0.717) is 33.2 Å². The molecule has 154 valence electrons. The van der Waals surface area contributed by atoms with Crippen LogP contribution < -0.4 is 10.2 Å². The number of amides is 3. The lowest BCUT2D eigenvalue weighted by Gasteiger charge is -2.29. The largest absolute Gasteiger partial charge is 0.366 e. The normalized spacial score (nSPS) is 17.0. The maximum atomic E-state index is 13.4. The second-order valence-corrected chi connectivity index (χ2v) is 7.89. The van der Waals surface area contributed by atoms with Crippen molar-refractivity contribution in [3.8, 4) is 0 Å². The highest BCUT2D eigenvalue weighted by atomic mass is 35.5. The molecule has 0 saturated carbocycles. The molecule has 1 saturated heterocycles. The Balaban J connectivity index is 1.74. The fourth-order valence-electron chi connectivity index (χ4n) is 3.94. The molecule has 4 rings (SSSR count). The van der Waals surface area contributed by atoms with Gasteiger partial charge in [-0.05, 0) is 61.2 Å². The molecule has 6 nitrogen and oxygen atoms in total. The summed E-state index contributed by atoms with van der Waals surface area (Å²) in [6.07, 6.45) is 3.10. The number of nitrogens with one attached hydrogen (secondary N) is 1. The van der Waals surface area contributed by atoms with E-state index in [4.69, 9.17) is 11.6 Å². The Morgan fingerprint density at radius 2 is 1.53 bits per heavy atom. The number of halogens is 1. The molecular formula is C23H22ClN3O3. The Labute approximate surface area is 180 Å². The van der Waals surface area contributed by atoms with Gasteiger partial charge in [-0.25, -0.2) is 4.90 Å². The van der Waals surface area contributed by atoms with E-state index in [2.05, 4.69) is 5.32 Å². The summed E-state index contributed by atoms with van der Waals surface area (Å²) in [5.74, 6) is -0.857. The number of piperidine rings is 1. The van der Waals surface area contributed by atoms with E-state index < -0.39 is 0 Å². The fourth-order valence-corrected chi connectivity index (χ4v) is 4.06. The smallest absolute Gasteiger partial charge is 0.282 e. The maximum Gasteiger partial charge on any atom is 0.282 e. The number of hydrogen-bond donors (Lipinski definition) is 1. The second-order valence-electron chi connectivity index (χ2n) is 7.45. The van der Waals surface area contributed by atoms with Crippen LogP contribution in [0.2, 0.25) is 5.02 Å². The highest BCUT2D eigenvalue weighted by molar-refractivity contribution is 6.45. The van der Waals surface area contributed by atoms with Gasteiger partial charge in [0.1, 0.15) is 5.70 Å². The maximum absolute atomic E-state index is 13.4. The van der Waals surface area contributed by atoms with Gasteiger partial charge in [0.25, 0.3) is 11.8 Å². The summed E-state index contributed by atoms with van der Waals surface area (Å²) in [7, 11) is 0. The van der Waals surface area contributed by atoms with E-state index in [1.807, 2.05) is 4.90 Å². The van der Waals surface area contributed by atoms with Crippen LogP contribution in [0.1, 0.15) is 31.7 Å². The predicted octanol–water partition coefficient (Wildman–Crippen LogP) is 4.07. The van der Waals surface area contributed by atoms with E-state index in [1.165, 1.54) is 11.8 Å². The van der Waals surface area contributed by atoms with Crippen molar-refractivity contribution in [3.05, 3.63) is 64.8 Å². The van der Waals surface area contributed by atoms with Crippen LogP contribution in [0.25, 0.3) is 5.57 Å². The Morgan fingerprint density at radius 3 is 2.13 bits per heavy atom. The molecule has 0 spiro atoms. The zero-order valence-electron chi connectivity index (χ0n) is 16.7. The number of nitrogens with zero attached hydrogens (tertiary/aromatic N) is 2. The van der Waals surface area contributed by atoms with Crippen molar-refractivity contribution in [3.63, 3.8) is 0 Å². The van der Waals surface area contributed by atoms with Crippen molar-refractivity contribution < 1.29 is 14.4 Å². The molecule has 2 aliphatic heterocycles. The van der Waals surface area contributed by atoms with E-state index in [9.17, 15) is 14.4 Å². The molecule has 0 aromatic heterocycles. The van der Waals surface area contributed by atoms with Crippen LogP contribution in [0, 0.1) is 0 Å². The van der Waals surface area contributed by atoms with Gasteiger partial charge in [-0.3, -0.25) is 14.4 Å². The zero-order chi connectivity index (χ0) is 21.3. The number of imide groups is 1. The van der Waals surface area contributed by atoms with Gasteiger partial charge in [0.2, 0.25) is 5.91 Å². The topological polar surface area (TPSA) is 69.7 Å². The highest BCUT2D eigenvalue weighted by Crippen LogP contribution is 2.36. The van der Waals surface area contributed by atoms with E-state index in [1.54, 1.807) is 48.5 Å². The van der Waals surface area contributed by atoms with Gasteiger partial charge >= 0.3 is 0 Å². The molecular weight excluding hydrogens is 402 g/mol. The third kappa shape index (κ3) is 3.83. The van der Waals surface area contributed by atoms with E-state index in [0.717, 1.165) is 32.4 Å². The predicted molar refractivity (Wildman–Crippen MR) is 117 cm³/mol. The molecule has 0 unspecified atom stereocenters. The van der Waals surface area contributed by atoms with Crippen molar-refractivity contribution >= 4 is 46.3 Å². The summed E-state index contributed by atoms with van der Waals surface area (Å²) in [6, 6.07) is 13.7. The van der Waals surface area contributed by atoms with Gasteiger partial charge in [-0.15, -0.1) is 0 Å². The first kappa shape index (κ1) is 20.2. The Kier molecular flexibility index (Phi) is 5.59. The summed E-state index contributed by atoms with van der Waals surface area (Å²) < 4.78 is 0. The minimum atomic E-state index is -0.352. The monoisotopic (exact) mass is 423 g/mol. The van der Waals surface area contributed by atoms with Gasteiger partial charge in [0.05, 0.1) is 11.3 Å². The van der Waals surface area contributed by atoms with E-state index in [-0.39, 0.29) is 17.7 Å². The van der Waals surface area contributed by atoms with Crippen molar-refractivity contribution in [2.24, 2.45) is 0 Å². The number of benzene rings is 2. The summed E-state index contributed by atoms with van der Waals surface area (Å²) >= 11 is 6.03. The summed E-state index contributed by atoms with van der Waals surface area (Å²) in [4.78, 5) is 41.4. The molecule has 2 aromatic carbocycles. The van der Waals surface area contributed by atoms with Gasteiger partial charge < -0.3 is 10.2 Å². The van der Waals surface area contributed by atoms with Gasteiger partial charge in [0, 0.05) is 30.7 Å². The lowest BCUT2D eigenvalue weighted by molar-refractivity contribution is -0.121. The number of anilines is 2. The molecule has 2 aliphatic rings. The third-order valence-electron chi connectivity index (χ3n) is 5.31. The van der Waals surface area contributed by atoms with Crippen LogP contribution >= 0.6 is 11.6 Å². The first-order chi connectivity index (χ1) is 14.5. The number of rotatable bonds is 4. The average Bonchev–Trinajstić information content (AvgIpc) is 3.00. The number of hydrogen-bond acceptors (Lipinski definition) is 4. The van der Waals surface area contributed by atoms with Crippen LogP contribution in [-0.2, 0) is 14.4 Å². The number of carbonyl (C=O) groups excluding carboxylic acids is 3. The lowest BCUT2D eigenvalue weighted by Crippen LogP contribution is -2.37. The van der Waals surface area contributed by atoms with Crippen LogP contribution in [0.4, 0.5) is 11.4 Å². The van der Waals surface area contributed by atoms with Gasteiger partial charge in [-0.1, -0.05) is 23.7 Å². The summed E-state index contributed by atoms with van der Waals surface area (Å²) in [6.45, 7) is 2.93. The lowest BCUT2D eigenvalue weighted by atomic mass is 10.0. The SMILES string of the molecule is CC(=O)Nc1ccc(N2C(=O)C(c3ccc(Cl)cc3)=C(N3CCCCC3)C2=O)cc1. The third-order valence-corrected chi connectivity index (χ3v) is 5.56. The zero-order valence-corrected chi connectivity index (χ0v) is 17.4. The minimum Gasteiger partial charge on any atom is -0.366 e. The second kappa shape index (κ2) is 8.32. The average molecular weight is 424 g/mol.